The van der Waals surface area contributed by atoms with E-state index in [-0.39, 0.29) is 5.41 Å². The summed E-state index contributed by atoms with van der Waals surface area (Å²) in [6.07, 6.45) is 2.51. The molecule has 1 saturated carbocycles. The standard InChI is InChI=1S/C12H19N3OS/c1-4-8-13-11(17-15-8)14-9-7-5-6-16-10(7)12(9,2)3/h7,9-10H,4-6H2,1-3H3,(H,13,14,15)/t7-,9-,10-/m1/s1. The molecule has 1 aromatic rings. The minimum atomic E-state index is 0.208. The van der Waals surface area contributed by atoms with Crippen molar-refractivity contribution in [2.45, 2.75) is 45.8 Å². The fourth-order valence-electron chi connectivity index (χ4n) is 3.21. The molecule has 0 unspecified atom stereocenters. The zero-order valence-electron chi connectivity index (χ0n) is 10.6. The van der Waals surface area contributed by atoms with E-state index in [0.29, 0.717) is 18.1 Å². The van der Waals surface area contributed by atoms with E-state index in [1.807, 2.05) is 0 Å². The van der Waals surface area contributed by atoms with Gasteiger partial charge in [0.2, 0.25) is 5.13 Å². The van der Waals surface area contributed by atoms with Crippen LogP contribution in [0, 0.1) is 11.3 Å². The van der Waals surface area contributed by atoms with Crippen molar-refractivity contribution < 1.29 is 4.74 Å². The Hall–Kier alpha value is -0.680. The Labute approximate surface area is 106 Å². The lowest BCUT2D eigenvalue weighted by Gasteiger charge is -2.54. The number of rotatable bonds is 3. The van der Waals surface area contributed by atoms with Crippen LogP contribution in [0.1, 0.15) is 33.0 Å². The van der Waals surface area contributed by atoms with Gasteiger partial charge in [0.15, 0.2) is 0 Å². The summed E-state index contributed by atoms with van der Waals surface area (Å²) in [5.74, 6) is 1.59. The molecule has 2 fully saturated rings. The van der Waals surface area contributed by atoms with Crippen LogP contribution in [-0.2, 0) is 11.2 Å². The number of ether oxygens (including phenoxy) is 1. The van der Waals surface area contributed by atoms with Crippen LogP contribution in [0.3, 0.4) is 0 Å². The van der Waals surface area contributed by atoms with Gasteiger partial charge in [-0.2, -0.15) is 4.37 Å². The molecule has 17 heavy (non-hydrogen) atoms. The molecular formula is C12H19N3OS. The van der Waals surface area contributed by atoms with E-state index in [1.54, 1.807) is 0 Å². The van der Waals surface area contributed by atoms with Crippen LogP contribution in [0.2, 0.25) is 0 Å². The maximum Gasteiger partial charge on any atom is 0.202 e. The molecule has 0 radical (unpaired) electrons. The van der Waals surface area contributed by atoms with E-state index in [2.05, 4.69) is 35.4 Å². The number of nitrogens with zero attached hydrogens (tertiary/aromatic N) is 2. The van der Waals surface area contributed by atoms with Crippen molar-refractivity contribution in [1.29, 1.82) is 0 Å². The van der Waals surface area contributed by atoms with E-state index >= 15 is 0 Å². The van der Waals surface area contributed by atoms with Gasteiger partial charge in [-0.05, 0) is 6.42 Å². The number of anilines is 1. The molecule has 1 aliphatic carbocycles. The maximum atomic E-state index is 5.79. The molecule has 2 aliphatic rings. The van der Waals surface area contributed by atoms with Crippen molar-refractivity contribution in [3.8, 4) is 0 Å². The van der Waals surface area contributed by atoms with Crippen molar-refractivity contribution in [3.63, 3.8) is 0 Å². The first-order valence-corrected chi connectivity index (χ1v) is 7.11. The van der Waals surface area contributed by atoms with Crippen LogP contribution >= 0.6 is 11.5 Å². The molecule has 0 spiro atoms. The lowest BCUT2D eigenvalue weighted by Crippen LogP contribution is -2.63. The Morgan fingerprint density at radius 3 is 3.06 bits per heavy atom. The highest BCUT2D eigenvalue weighted by Gasteiger charge is 2.59. The second kappa shape index (κ2) is 3.92. The number of hydrogen-bond acceptors (Lipinski definition) is 5. The largest absolute Gasteiger partial charge is 0.377 e. The summed E-state index contributed by atoms with van der Waals surface area (Å²) in [5, 5.41) is 4.52. The topological polar surface area (TPSA) is 47.0 Å². The van der Waals surface area contributed by atoms with Crippen molar-refractivity contribution >= 4 is 16.7 Å². The molecule has 94 valence electrons. The third-order valence-corrected chi connectivity index (χ3v) is 4.85. The molecule has 5 heteroatoms. The Morgan fingerprint density at radius 1 is 1.53 bits per heavy atom. The fraction of sp³-hybridized carbons (Fsp3) is 0.833. The second-order valence-corrected chi connectivity index (χ2v) is 6.31. The zero-order chi connectivity index (χ0) is 12.0. The first kappa shape index (κ1) is 11.4. The molecule has 1 N–H and O–H groups in total. The number of nitrogens with one attached hydrogen (secondary N) is 1. The number of fused-ring (bicyclic) bond motifs is 1. The molecule has 1 aromatic heterocycles. The minimum Gasteiger partial charge on any atom is -0.377 e. The molecule has 3 rings (SSSR count). The molecule has 0 aromatic carbocycles. The third kappa shape index (κ3) is 1.67. The molecule has 3 atom stereocenters. The Balaban J connectivity index is 1.73. The van der Waals surface area contributed by atoms with Crippen molar-refractivity contribution in [2.24, 2.45) is 11.3 Å². The van der Waals surface area contributed by atoms with Crippen molar-refractivity contribution in [2.75, 3.05) is 11.9 Å². The quantitative estimate of drug-likeness (QED) is 0.898. The summed E-state index contributed by atoms with van der Waals surface area (Å²) in [6.45, 7) is 7.55. The number of aryl methyl sites for hydroxylation is 1. The minimum absolute atomic E-state index is 0.208. The number of hydrogen-bond donors (Lipinski definition) is 1. The van der Waals surface area contributed by atoms with E-state index in [9.17, 15) is 0 Å². The summed E-state index contributed by atoms with van der Waals surface area (Å²) in [6, 6.07) is 0.479. The normalized spacial score (nSPS) is 34.2. The van der Waals surface area contributed by atoms with Crippen LogP contribution in [-0.4, -0.2) is 28.1 Å². The van der Waals surface area contributed by atoms with E-state index in [1.165, 1.54) is 18.0 Å². The highest BCUT2D eigenvalue weighted by atomic mass is 32.1. The summed E-state index contributed by atoms with van der Waals surface area (Å²) in [7, 11) is 0. The van der Waals surface area contributed by atoms with E-state index in [0.717, 1.165) is 24.0 Å². The van der Waals surface area contributed by atoms with E-state index < -0.39 is 0 Å². The van der Waals surface area contributed by atoms with Gasteiger partial charge in [0.05, 0.1) is 6.10 Å². The van der Waals surface area contributed by atoms with Crippen molar-refractivity contribution in [3.05, 3.63) is 5.82 Å². The molecule has 2 heterocycles. The second-order valence-electron chi connectivity index (χ2n) is 5.56. The molecular weight excluding hydrogens is 234 g/mol. The lowest BCUT2D eigenvalue weighted by molar-refractivity contribution is -0.0923. The first-order chi connectivity index (χ1) is 8.13. The summed E-state index contributed by atoms with van der Waals surface area (Å²) in [4.78, 5) is 4.49. The number of aromatic nitrogens is 2. The van der Waals surface area contributed by atoms with Gasteiger partial charge >= 0.3 is 0 Å². The Kier molecular flexibility index (Phi) is 2.63. The van der Waals surface area contributed by atoms with Crippen LogP contribution < -0.4 is 5.32 Å². The van der Waals surface area contributed by atoms with Crippen LogP contribution in [0.25, 0.3) is 0 Å². The van der Waals surface area contributed by atoms with Gasteiger partial charge in [-0.15, -0.1) is 0 Å². The zero-order valence-corrected chi connectivity index (χ0v) is 11.4. The monoisotopic (exact) mass is 253 g/mol. The van der Waals surface area contributed by atoms with Gasteiger partial charge in [0, 0.05) is 41.9 Å². The van der Waals surface area contributed by atoms with Crippen LogP contribution in [0.4, 0.5) is 5.13 Å². The average Bonchev–Trinajstić information content (AvgIpc) is 2.93. The predicted molar refractivity (Wildman–Crippen MR) is 68.3 cm³/mol. The highest BCUT2D eigenvalue weighted by molar-refractivity contribution is 7.09. The molecule has 0 amide bonds. The van der Waals surface area contributed by atoms with Gasteiger partial charge in [0.1, 0.15) is 5.82 Å². The molecule has 1 aliphatic heterocycles. The predicted octanol–water partition coefficient (Wildman–Crippen LogP) is 2.33. The van der Waals surface area contributed by atoms with Crippen LogP contribution in [0.15, 0.2) is 0 Å². The summed E-state index contributed by atoms with van der Waals surface area (Å²) < 4.78 is 10.1. The third-order valence-electron chi connectivity index (χ3n) is 4.16. The summed E-state index contributed by atoms with van der Waals surface area (Å²) in [5.41, 5.74) is 0.208. The van der Waals surface area contributed by atoms with Gasteiger partial charge < -0.3 is 10.1 Å². The fourth-order valence-corrected chi connectivity index (χ4v) is 3.89. The Bertz CT molecular complexity index is 418. The van der Waals surface area contributed by atoms with Gasteiger partial charge in [-0.3, -0.25) is 0 Å². The maximum absolute atomic E-state index is 5.79. The highest BCUT2D eigenvalue weighted by Crippen LogP contribution is 2.53. The molecule has 4 nitrogen and oxygen atoms in total. The Morgan fingerprint density at radius 2 is 2.35 bits per heavy atom. The summed E-state index contributed by atoms with van der Waals surface area (Å²) >= 11 is 1.47. The lowest BCUT2D eigenvalue weighted by atomic mass is 9.57. The van der Waals surface area contributed by atoms with Gasteiger partial charge in [0.25, 0.3) is 0 Å². The SMILES string of the molecule is CCc1nsc(N[C@@H]2[C@H]3CCO[C@H]3C2(C)C)n1. The van der Waals surface area contributed by atoms with Gasteiger partial charge in [-0.1, -0.05) is 20.8 Å². The van der Waals surface area contributed by atoms with Crippen molar-refractivity contribution in [1.82, 2.24) is 9.36 Å². The van der Waals surface area contributed by atoms with Crippen LogP contribution in [0.5, 0.6) is 0 Å². The molecule has 0 bridgehead atoms. The average molecular weight is 253 g/mol. The smallest absolute Gasteiger partial charge is 0.202 e. The van der Waals surface area contributed by atoms with Gasteiger partial charge in [-0.25, -0.2) is 4.98 Å². The first-order valence-electron chi connectivity index (χ1n) is 6.33. The van der Waals surface area contributed by atoms with E-state index in [4.69, 9.17) is 4.74 Å². The molecule has 1 saturated heterocycles.